The van der Waals surface area contributed by atoms with Gasteiger partial charge in [0.2, 0.25) is 0 Å². The van der Waals surface area contributed by atoms with Gasteiger partial charge in [0.25, 0.3) is 5.56 Å². The third kappa shape index (κ3) is 5.65. The lowest BCUT2D eigenvalue weighted by molar-refractivity contribution is 0.305. The van der Waals surface area contributed by atoms with Gasteiger partial charge in [0.1, 0.15) is 24.0 Å². The van der Waals surface area contributed by atoms with Gasteiger partial charge in [-0.25, -0.2) is 9.37 Å². The van der Waals surface area contributed by atoms with Gasteiger partial charge in [0.15, 0.2) is 0 Å². The van der Waals surface area contributed by atoms with Crippen LogP contribution in [0.25, 0.3) is 10.9 Å². The van der Waals surface area contributed by atoms with E-state index in [0.717, 1.165) is 22.1 Å². The molecule has 1 heterocycles. The van der Waals surface area contributed by atoms with Crippen molar-refractivity contribution in [3.63, 3.8) is 0 Å². The maximum absolute atomic E-state index is 13.4. The van der Waals surface area contributed by atoms with Crippen molar-refractivity contribution in [2.45, 2.75) is 32.8 Å². The lowest BCUT2D eigenvalue weighted by atomic mass is 10.1. The molecule has 0 N–H and O–H groups in total. The first-order valence-corrected chi connectivity index (χ1v) is 12.5. The highest BCUT2D eigenvalue weighted by Crippen LogP contribution is 2.26. The largest absolute Gasteiger partial charge is 0.488 e. The summed E-state index contributed by atoms with van der Waals surface area (Å²) < 4.78 is 21.6. The number of ether oxygens (including phenoxy) is 1. The molecule has 6 nitrogen and oxygen atoms in total. The Bertz CT molecular complexity index is 1470. The molecule has 0 spiro atoms. The molecule has 0 unspecified atom stereocenters. The maximum atomic E-state index is 13.4. The molecule has 0 radical (unpaired) electrons. The number of hydrogen-bond acceptors (Lipinski definition) is 5. The van der Waals surface area contributed by atoms with Crippen LogP contribution in [0.1, 0.15) is 43.1 Å². The Balaban J connectivity index is 1.76. The molecular weight excluding hydrogens is 523 g/mol. The molecule has 186 valence electrons. The third-order valence-corrected chi connectivity index (χ3v) is 6.51. The second-order valence-corrected chi connectivity index (χ2v) is 9.75. The highest BCUT2D eigenvalue weighted by Gasteiger charge is 2.16. The second-order valence-electron chi connectivity index (χ2n) is 8.83. The molecule has 0 aliphatic carbocycles. The van der Waals surface area contributed by atoms with Crippen molar-refractivity contribution in [2.75, 3.05) is 19.0 Å². The molecule has 0 fully saturated rings. The van der Waals surface area contributed by atoms with Crippen molar-refractivity contribution in [3.8, 4) is 5.75 Å². The minimum Gasteiger partial charge on any atom is -0.488 e. The first-order valence-electron chi connectivity index (χ1n) is 11.7. The molecule has 0 saturated carbocycles. The molecule has 4 rings (SSSR count). The van der Waals surface area contributed by atoms with Gasteiger partial charge in [-0.3, -0.25) is 4.79 Å². The summed E-state index contributed by atoms with van der Waals surface area (Å²) in [6.07, 6.45) is 2.44. The first kappa shape index (κ1) is 25.6. The maximum Gasteiger partial charge on any atom is 0.282 e. The molecule has 3 aromatic carbocycles. The second kappa shape index (κ2) is 11.0. The van der Waals surface area contributed by atoms with E-state index >= 15 is 0 Å². The van der Waals surface area contributed by atoms with Crippen LogP contribution in [0.4, 0.5) is 10.1 Å². The summed E-state index contributed by atoms with van der Waals surface area (Å²) in [7, 11) is 3.90. The number of anilines is 1. The zero-order valence-corrected chi connectivity index (χ0v) is 22.3. The Morgan fingerprint density at radius 2 is 1.89 bits per heavy atom. The molecule has 0 amide bonds. The Morgan fingerprint density at radius 3 is 2.58 bits per heavy atom. The number of halogens is 2. The SMILES string of the molecule is CC[C@@H](C)c1nc2ccc(Br)cc2c(=O)n1N=Cc1ccc(N(C)C)cc1OCc1ccc(F)cc1. The van der Waals surface area contributed by atoms with Crippen molar-refractivity contribution in [1.82, 2.24) is 9.66 Å². The molecule has 4 aromatic rings. The number of rotatable bonds is 8. The minimum absolute atomic E-state index is 0.0354. The first-order chi connectivity index (χ1) is 17.3. The zero-order valence-electron chi connectivity index (χ0n) is 20.7. The van der Waals surface area contributed by atoms with Crippen LogP contribution in [0.15, 0.2) is 75.0 Å². The molecule has 1 atom stereocenters. The van der Waals surface area contributed by atoms with Crippen LogP contribution in [0.2, 0.25) is 0 Å². The van der Waals surface area contributed by atoms with Gasteiger partial charge >= 0.3 is 0 Å². The fraction of sp³-hybridized carbons (Fsp3) is 0.250. The third-order valence-electron chi connectivity index (χ3n) is 6.02. The van der Waals surface area contributed by atoms with Crippen molar-refractivity contribution in [1.29, 1.82) is 0 Å². The van der Waals surface area contributed by atoms with Crippen LogP contribution >= 0.6 is 15.9 Å². The Hall–Kier alpha value is -3.52. The molecule has 0 bridgehead atoms. The topological polar surface area (TPSA) is 59.7 Å². The standard InChI is InChI=1S/C28H28BrFN4O2/c1-5-18(2)27-32-25-13-9-21(29)14-24(25)28(35)34(27)31-16-20-8-12-23(33(3)4)15-26(20)36-17-19-6-10-22(30)11-7-19/h6-16,18H,5,17H2,1-4H3/t18-/m1/s1. The summed E-state index contributed by atoms with van der Waals surface area (Å²) in [6, 6.07) is 17.4. The van der Waals surface area contributed by atoms with Gasteiger partial charge in [0, 0.05) is 41.8 Å². The highest BCUT2D eigenvalue weighted by atomic mass is 79.9. The van der Waals surface area contributed by atoms with Crippen molar-refractivity contribution in [2.24, 2.45) is 5.10 Å². The molecule has 36 heavy (non-hydrogen) atoms. The summed E-state index contributed by atoms with van der Waals surface area (Å²) in [4.78, 5) is 20.2. The fourth-order valence-corrected chi connectivity index (χ4v) is 4.03. The summed E-state index contributed by atoms with van der Waals surface area (Å²) in [5, 5.41) is 5.07. The fourth-order valence-electron chi connectivity index (χ4n) is 3.67. The summed E-state index contributed by atoms with van der Waals surface area (Å²) in [5.74, 6) is 0.948. The summed E-state index contributed by atoms with van der Waals surface area (Å²) in [6.45, 7) is 4.35. The van der Waals surface area contributed by atoms with Crippen LogP contribution in [-0.4, -0.2) is 30.0 Å². The van der Waals surface area contributed by atoms with Gasteiger partial charge in [-0.15, -0.1) is 0 Å². The van der Waals surface area contributed by atoms with Gasteiger partial charge < -0.3 is 9.64 Å². The number of fused-ring (bicyclic) bond motifs is 1. The summed E-state index contributed by atoms with van der Waals surface area (Å²) in [5.41, 5.74) is 2.92. The average Bonchev–Trinajstić information content (AvgIpc) is 2.87. The molecule has 0 saturated heterocycles. The molecular formula is C28H28BrFN4O2. The van der Waals surface area contributed by atoms with Crippen molar-refractivity contribution in [3.05, 3.63) is 98.3 Å². The van der Waals surface area contributed by atoms with Crippen LogP contribution in [0.3, 0.4) is 0 Å². The van der Waals surface area contributed by atoms with Crippen LogP contribution < -0.4 is 15.2 Å². The summed E-state index contributed by atoms with van der Waals surface area (Å²) >= 11 is 3.44. The molecule has 0 aliphatic rings. The van der Waals surface area contributed by atoms with E-state index in [2.05, 4.69) is 28.0 Å². The molecule has 8 heteroatoms. The lowest BCUT2D eigenvalue weighted by Crippen LogP contribution is -2.23. The van der Waals surface area contributed by atoms with Gasteiger partial charge in [-0.2, -0.15) is 9.78 Å². The van der Waals surface area contributed by atoms with E-state index in [-0.39, 0.29) is 23.9 Å². The van der Waals surface area contributed by atoms with Crippen molar-refractivity contribution >= 4 is 38.7 Å². The number of aromatic nitrogens is 2. The molecule has 0 aliphatic heterocycles. The predicted molar refractivity (Wildman–Crippen MR) is 147 cm³/mol. The highest BCUT2D eigenvalue weighted by molar-refractivity contribution is 9.10. The average molecular weight is 551 g/mol. The number of benzene rings is 3. The van der Waals surface area contributed by atoms with Crippen LogP contribution in [-0.2, 0) is 6.61 Å². The smallest absolute Gasteiger partial charge is 0.282 e. The van der Waals surface area contributed by atoms with E-state index < -0.39 is 0 Å². The predicted octanol–water partition coefficient (Wildman–Crippen LogP) is 6.34. The van der Waals surface area contributed by atoms with E-state index in [4.69, 9.17) is 9.72 Å². The van der Waals surface area contributed by atoms with Gasteiger partial charge in [-0.1, -0.05) is 41.9 Å². The monoisotopic (exact) mass is 550 g/mol. The Morgan fingerprint density at radius 1 is 1.14 bits per heavy atom. The molecule has 1 aromatic heterocycles. The zero-order chi connectivity index (χ0) is 25.8. The van der Waals surface area contributed by atoms with E-state index in [9.17, 15) is 9.18 Å². The Labute approximate surface area is 218 Å². The number of hydrogen-bond donors (Lipinski definition) is 0. The normalized spacial score (nSPS) is 12.3. The van der Waals surface area contributed by atoms with Crippen LogP contribution in [0, 0.1) is 5.82 Å². The van der Waals surface area contributed by atoms with Crippen LogP contribution in [0.5, 0.6) is 5.75 Å². The van der Waals surface area contributed by atoms with E-state index in [1.165, 1.54) is 16.8 Å². The van der Waals surface area contributed by atoms with Gasteiger partial charge in [0.05, 0.1) is 17.1 Å². The number of nitrogens with zero attached hydrogens (tertiary/aromatic N) is 4. The van der Waals surface area contributed by atoms with Gasteiger partial charge in [-0.05, 0) is 54.4 Å². The quantitative estimate of drug-likeness (QED) is 0.240. The Kier molecular flexibility index (Phi) is 7.84. The van der Waals surface area contributed by atoms with E-state index in [1.54, 1.807) is 24.4 Å². The minimum atomic E-state index is -0.292. The van der Waals surface area contributed by atoms with E-state index in [1.807, 2.05) is 56.3 Å². The van der Waals surface area contributed by atoms with Crippen molar-refractivity contribution < 1.29 is 9.13 Å². The van der Waals surface area contributed by atoms with E-state index in [0.29, 0.717) is 28.0 Å². The lowest BCUT2D eigenvalue weighted by Gasteiger charge is -2.17.